The third-order valence-corrected chi connectivity index (χ3v) is 5.01. The molecule has 2 N–H and O–H groups in total. The van der Waals surface area contributed by atoms with Gasteiger partial charge in [-0.3, -0.25) is 4.79 Å². The summed E-state index contributed by atoms with van der Waals surface area (Å²) >= 11 is 0. The molecule has 0 aromatic heterocycles. The first kappa shape index (κ1) is 19.7. The Morgan fingerprint density at radius 1 is 1.07 bits per heavy atom. The van der Waals surface area contributed by atoms with Gasteiger partial charge in [-0.15, -0.1) is 0 Å². The standard InChI is InChI=1S/C21H24N2O5/c1-26-16-8-9-17(19(11-16)27-2)22-20(24)13-23-12-15-7-5-4-6-14(15)10-18(23)21(25)28-3/h4-9,11,18H,10,12-13H2,1-3H3,(H,22,24)/p+1/t18-/m1/s1. The van der Waals surface area contributed by atoms with E-state index in [-0.39, 0.29) is 18.4 Å². The predicted octanol–water partition coefficient (Wildman–Crippen LogP) is 0.825. The first-order valence-electron chi connectivity index (χ1n) is 9.06. The van der Waals surface area contributed by atoms with Crippen molar-refractivity contribution in [3.8, 4) is 11.5 Å². The van der Waals surface area contributed by atoms with Gasteiger partial charge in [-0.1, -0.05) is 24.3 Å². The zero-order valence-electron chi connectivity index (χ0n) is 16.3. The molecule has 1 heterocycles. The SMILES string of the molecule is COC(=O)[C@H]1Cc2ccccc2C[NH+]1CC(=O)Nc1ccc(OC)cc1OC. The molecule has 0 saturated carbocycles. The first-order chi connectivity index (χ1) is 13.5. The molecule has 1 amide bonds. The summed E-state index contributed by atoms with van der Waals surface area (Å²) in [4.78, 5) is 25.8. The maximum absolute atomic E-state index is 12.7. The lowest BCUT2D eigenvalue weighted by Gasteiger charge is -2.31. The van der Waals surface area contributed by atoms with Gasteiger partial charge >= 0.3 is 5.97 Å². The molecule has 0 bridgehead atoms. The van der Waals surface area contributed by atoms with Gasteiger partial charge in [0.05, 0.1) is 27.0 Å². The fourth-order valence-corrected chi connectivity index (χ4v) is 3.54. The number of carbonyl (C=O) groups is 2. The Labute approximate surface area is 164 Å². The lowest BCUT2D eigenvalue weighted by Crippen LogP contribution is -3.17. The number of anilines is 1. The van der Waals surface area contributed by atoms with Crippen LogP contribution in [0.5, 0.6) is 11.5 Å². The van der Waals surface area contributed by atoms with Gasteiger partial charge in [-0.25, -0.2) is 4.79 Å². The molecular weight excluding hydrogens is 360 g/mol. The number of hydrogen-bond acceptors (Lipinski definition) is 5. The monoisotopic (exact) mass is 385 g/mol. The Morgan fingerprint density at radius 2 is 1.82 bits per heavy atom. The van der Waals surface area contributed by atoms with Crippen LogP contribution in [0.3, 0.4) is 0 Å². The van der Waals surface area contributed by atoms with Crippen molar-refractivity contribution in [3.05, 3.63) is 53.6 Å². The molecule has 0 spiro atoms. The van der Waals surface area contributed by atoms with Crippen LogP contribution in [-0.4, -0.2) is 45.8 Å². The summed E-state index contributed by atoms with van der Waals surface area (Å²) in [5, 5.41) is 2.87. The van der Waals surface area contributed by atoms with Gasteiger partial charge < -0.3 is 24.4 Å². The average molecular weight is 385 g/mol. The summed E-state index contributed by atoms with van der Waals surface area (Å²) in [6.07, 6.45) is 0.553. The van der Waals surface area contributed by atoms with E-state index in [4.69, 9.17) is 14.2 Å². The highest BCUT2D eigenvalue weighted by molar-refractivity contribution is 5.93. The number of esters is 1. The van der Waals surface area contributed by atoms with Crippen molar-refractivity contribution in [3.63, 3.8) is 0 Å². The van der Waals surface area contributed by atoms with Gasteiger partial charge in [0.15, 0.2) is 12.6 Å². The van der Waals surface area contributed by atoms with Crippen LogP contribution in [0.4, 0.5) is 5.69 Å². The highest BCUT2D eigenvalue weighted by Gasteiger charge is 2.37. The van der Waals surface area contributed by atoms with Crippen molar-refractivity contribution in [2.45, 2.75) is 19.0 Å². The maximum Gasteiger partial charge on any atom is 0.365 e. The van der Waals surface area contributed by atoms with Crippen LogP contribution in [0.1, 0.15) is 11.1 Å². The van der Waals surface area contributed by atoms with E-state index in [1.54, 1.807) is 25.3 Å². The van der Waals surface area contributed by atoms with Crippen LogP contribution in [0.2, 0.25) is 0 Å². The lowest BCUT2D eigenvalue weighted by molar-refractivity contribution is -0.924. The topological polar surface area (TPSA) is 78.3 Å². The molecule has 0 radical (unpaired) electrons. The molecule has 1 aliphatic heterocycles. The van der Waals surface area contributed by atoms with Gasteiger partial charge in [-0.05, 0) is 17.7 Å². The summed E-state index contributed by atoms with van der Waals surface area (Å²) in [6.45, 7) is 0.729. The lowest BCUT2D eigenvalue weighted by atomic mass is 9.94. The van der Waals surface area contributed by atoms with E-state index in [0.29, 0.717) is 30.2 Å². The van der Waals surface area contributed by atoms with Crippen LogP contribution in [0, 0.1) is 0 Å². The van der Waals surface area contributed by atoms with E-state index in [0.717, 1.165) is 16.0 Å². The van der Waals surface area contributed by atoms with E-state index in [2.05, 4.69) is 5.32 Å². The molecule has 148 valence electrons. The third-order valence-electron chi connectivity index (χ3n) is 5.01. The average Bonchev–Trinajstić information content (AvgIpc) is 2.72. The van der Waals surface area contributed by atoms with Crippen LogP contribution < -0.4 is 19.7 Å². The Bertz CT molecular complexity index is 868. The van der Waals surface area contributed by atoms with E-state index >= 15 is 0 Å². The number of carbonyl (C=O) groups excluding carboxylic acids is 2. The van der Waals surface area contributed by atoms with E-state index in [1.807, 2.05) is 24.3 Å². The van der Waals surface area contributed by atoms with Crippen molar-refractivity contribution < 1.29 is 28.7 Å². The van der Waals surface area contributed by atoms with Crippen molar-refractivity contribution >= 4 is 17.6 Å². The molecule has 0 fully saturated rings. The molecule has 0 saturated heterocycles. The minimum atomic E-state index is -0.414. The van der Waals surface area contributed by atoms with Gasteiger partial charge in [0.2, 0.25) is 0 Å². The normalized spacial score (nSPS) is 18.0. The van der Waals surface area contributed by atoms with Crippen molar-refractivity contribution in [2.75, 3.05) is 33.2 Å². The van der Waals surface area contributed by atoms with Gasteiger partial charge in [0.25, 0.3) is 5.91 Å². The van der Waals surface area contributed by atoms with Crippen molar-refractivity contribution in [2.24, 2.45) is 0 Å². The summed E-state index contributed by atoms with van der Waals surface area (Å²) in [7, 11) is 4.48. The van der Waals surface area contributed by atoms with Crippen molar-refractivity contribution in [1.82, 2.24) is 0 Å². The number of quaternary nitrogens is 1. The quantitative estimate of drug-likeness (QED) is 0.720. The zero-order valence-corrected chi connectivity index (χ0v) is 16.3. The molecule has 0 aliphatic carbocycles. The second kappa shape index (κ2) is 8.75. The predicted molar refractivity (Wildman–Crippen MR) is 104 cm³/mol. The van der Waals surface area contributed by atoms with Crippen LogP contribution in [0.15, 0.2) is 42.5 Å². The number of benzene rings is 2. The summed E-state index contributed by atoms with van der Waals surface area (Å²) in [6, 6.07) is 12.8. The van der Waals surface area contributed by atoms with Crippen LogP contribution >= 0.6 is 0 Å². The number of rotatable bonds is 6. The van der Waals surface area contributed by atoms with Crippen LogP contribution in [-0.2, 0) is 27.3 Å². The number of hydrogen-bond donors (Lipinski definition) is 2. The first-order valence-corrected chi connectivity index (χ1v) is 9.06. The molecule has 2 atom stereocenters. The minimum absolute atomic E-state index is 0.142. The molecule has 1 aliphatic rings. The number of methoxy groups -OCH3 is 3. The van der Waals surface area contributed by atoms with E-state index < -0.39 is 6.04 Å². The number of amides is 1. The molecule has 7 heteroatoms. The molecule has 1 unspecified atom stereocenters. The number of nitrogens with one attached hydrogen (secondary N) is 2. The Hall–Kier alpha value is -3.06. The Kier molecular flexibility index (Phi) is 6.16. The van der Waals surface area contributed by atoms with Crippen molar-refractivity contribution in [1.29, 1.82) is 0 Å². The number of fused-ring (bicyclic) bond motifs is 1. The molecule has 2 aromatic rings. The highest BCUT2D eigenvalue weighted by atomic mass is 16.5. The van der Waals surface area contributed by atoms with Crippen LogP contribution in [0.25, 0.3) is 0 Å². The largest absolute Gasteiger partial charge is 0.497 e. The van der Waals surface area contributed by atoms with Gasteiger partial charge in [0, 0.05) is 18.1 Å². The third kappa shape index (κ3) is 4.26. The van der Waals surface area contributed by atoms with E-state index in [1.165, 1.54) is 14.2 Å². The number of ether oxygens (including phenoxy) is 3. The zero-order chi connectivity index (χ0) is 20.1. The van der Waals surface area contributed by atoms with E-state index in [9.17, 15) is 9.59 Å². The second-order valence-corrected chi connectivity index (χ2v) is 6.67. The van der Waals surface area contributed by atoms with Gasteiger partial charge in [0.1, 0.15) is 18.0 Å². The summed E-state index contributed by atoms with van der Waals surface area (Å²) in [5.41, 5.74) is 2.83. The molecule has 2 aromatic carbocycles. The van der Waals surface area contributed by atoms with Gasteiger partial charge in [-0.2, -0.15) is 0 Å². The smallest absolute Gasteiger partial charge is 0.365 e. The molecule has 3 rings (SSSR count). The molecular formula is C21H25N2O5+. The maximum atomic E-state index is 12.7. The Morgan fingerprint density at radius 3 is 2.50 bits per heavy atom. The highest BCUT2D eigenvalue weighted by Crippen LogP contribution is 2.28. The Balaban J connectivity index is 1.75. The summed E-state index contributed by atoms with van der Waals surface area (Å²) in [5.74, 6) is 0.640. The summed E-state index contributed by atoms with van der Waals surface area (Å²) < 4.78 is 15.5. The second-order valence-electron chi connectivity index (χ2n) is 6.67. The minimum Gasteiger partial charge on any atom is -0.497 e. The molecule has 28 heavy (non-hydrogen) atoms. The fraction of sp³-hybridized carbons (Fsp3) is 0.333. The molecule has 7 nitrogen and oxygen atoms in total. The fourth-order valence-electron chi connectivity index (χ4n) is 3.54.